The summed E-state index contributed by atoms with van der Waals surface area (Å²) in [6.45, 7) is 27.4. The Kier molecular flexibility index (Phi) is 20.4. The smallest absolute Gasteiger partial charge is 0.169 e. The number of allylic oxidation sites excluding steroid dienone is 18. The minimum absolute atomic E-state index is 0.579. The first-order chi connectivity index (χ1) is 44.0. The lowest BCUT2D eigenvalue weighted by molar-refractivity contribution is -0.697. The highest BCUT2D eigenvalue weighted by Crippen LogP contribution is 2.45. The highest BCUT2D eigenvalue weighted by Gasteiger charge is 2.34. The molecule has 11 rings (SSSR count). The van der Waals surface area contributed by atoms with Gasteiger partial charge >= 0.3 is 0 Å². The van der Waals surface area contributed by atoms with Crippen LogP contribution in [0.4, 0.5) is 0 Å². The van der Waals surface area contributed by atoms with Gasteiger partial charge < -0.3 is 19.3 Å². The lowest BCUT2D eigenvalue weighted by Gasteiger charge is -2.22. The number of rotatable bonds is 25. The third-order valence-corrected chi connectivity index (χ3v) is 18.5. The number of hydrogen-bond donors (Lipinski definition) is 0. The average molecular weight is 1200 g/mol. The van der Waals surface area contributed by atoms with E-state index in [4.69, 9.17) is 29.4 Å². The van der Waals surface area contributed by atoms with E-state index in [1.165, 1.54) is 83.1 Å². The maximum absolute atomic E-state index is 6.63. The SMILES string of the molecule is CCCCCN1C=CC(=C2C=CN(CCCOc3cccc(C4=C5N=C(C=C6N=C(C(CC)=C6C)C(c6cccc(OCCC[n+]7ccc(-c8cc[n+](CCCCC)cc8)cc7)c6)=C6N=C(C=C7N=C4C(CC)=C7C)C(C)=C6CC)C(C)=C5CC)c3)C=C2)C=C1. The Hall–Kier alpha value is -8.76. The fourth-order valence-corrected chi connectivity index (χ4v) is 13.2. The minimum atomic E-state index is 0.579. The van der Waals surface area contributed by atoms with Crippen LogP contribution in [0.3, 0.4) is 0 Å². The molecule has 10 heteroatoms. The molecule has 8 bridgehead atoms. The second-order valence-corrected chi connectivity index (χ2v) is 24.4. The fourth-order valence-electron chi connectivity index (χ4n) is 13.2. The van der Waals surface area contributed by atoms with Crippen LogP contribution in [0.1, 0.15) is 157 Å². The van der Waals surface area contributed by atoms with Gasteiger partial charge in [0.05, 0.1) is 58.8 Å². The third-order valence-electron chi connectivity index (χ3n) is 18.5. The Balaban J connectivity index is 0.868. The lowest BCUT2D eigenvalue weighted by atomic mass is 9.88. The van der Waals surface area contributed by atoms with Crippen LogP contribution in [-0.4, -0.2) is 58.9 Å². The van der Waals surface area contributed by atoms with Crippen LogP contribution in [0.2, 0.25) is 0 Å². The fraction of sp³-hybridized carbons (Fsp3) is 0.350. The molecule has 0 aliphatic carbocycles. The zero-order valence-electron chi connectivity index (χ0n) is 55.1. The quantitative estimate of drug-likeness (QED) is 0.0489. The lowest BCUT2D eigenvalue weighted by Crippen LogP contribution is -2.33. The van der Waals surface area contributed by atoms with E-state index in [1.807, 2.05) is 0 Å². The van der Waals surface area contributed by atoms with Crippen molar-refractivity contribution in [1.29, 1.82) is 0 Å². The van der Waals surface area contributed by atoms with Crippen molar-refractivity contribution in [2.75, 3.05) is 26.3 Å². The molecule has 7 aliphatic heterocycles. The average Bonchev–Trinajstić information content (AvgIpc) is 1.64. The number of hydrogen-bond acceptors (Lipinski definition) is 8. The molecule has 0 saturated carbocycles. The number of fused-ring (bicyclic) bond motifs is 4. The standard InChI is InChI=1S/C80H92N8O2/c1-11-17-19-37-85-41-29-59(30-42-85)61-33-45-87(46-34-61)39-23-49-89-65-27-21-25-63(51-65)75-77-67(13-3)55(7)71(81-77)53-73-57(9)69(15-5)79(83-73)76(80-70(16-6)58(10)74(84-80)54-72-56(8)68(14-4)78(75)82-72)64-26-22-28-66(52-64)90-50-24-40-88-47-35-62(36-48-88)60-31-43-86(44-32-60)38-20-18-12-2/h21-22,25-36,41-48,51-54H,11-20,23-24,37-40,49-50H2,1-10H3/q+2. The summed E-state index contributed by atoms with van der Waals surface area (Å²) in [6.07, 6.45) is 43.2. The minimum Gasteiger partial charge on any atom is -0.494 e. The summed E-state index contributed by atoms with van der Waals surface area (Å²) >= 11 is 0. The van der Waals surface area contributed by atoms with Gasteiger partial charge in [-0.25, -0.2) is 29.1 Å². The Morgan fingerprint density at radius 2 is 0.822 bits per heavy atom. The van der Waals surface area contributed by atoms with E-state index in [9.17, 15) is 0 Å². The zero-order chi connectivity index (χ0) is 62.7. The summed E-state index contributed by atoms with van der Waals surface area (Å²) in [5.41, 5.74) is 26.0. The number of nitrogens with zero attached hydrogens (tertiary/aromatic N) is 8. The van der Waals surface area contributed by atoms with E-state index in [-0.39, 0.29) is 0 Å². The predicted octanol–water partition coefficient (Wildman–Crippen LogP) is 18.2. The van der Waals surface area contributed by atoms with E-state index in [0.717, 1.165) is 166 Å². The van der Waals surface area contributed by atoms with Crippen molar-refractivity contribution in [3.63, 3.8) is 0 Å². The van der Waals surface area contributed by atoms with Gasteiger partial charge in [0.2, 0.25) is 0 Å². The molecule has 0 spiro atoms. The highest BCUT2D eigenvalue weighted by molar-refractivity contribution is 6.37. The van der Waals surface area contributed by atoms with Gasteiger partial charge in [0.1, 0.15) is 18.0 Å². The Morgan fingerprint density at radius 3 is 1.26 bits per heavy atom. The summed E-state index contributed by atoms with van der Waals surface area (Å²) < 4.78 is 17.8. The van der Waals surface area contributed by atoms with Crippen LogP contribution in [0, 0.1) is 0 Å². The molecule has 0 atom stereocenters. The molecule has 90 heavy (non-hydrogen) atoms. The monoisotopic (exact) mass is 1200 g/mol. The Labute approximate surface area is 536 Å². The van der Waals surface area contributed by atoms with Crippen LogP contribution in [0.5, 0.6) is 11.5 Å². The predicted molar refractivity (Wildman–Crippen MR) is 373 cm³/mol. The summed E-state index contributed by atoms with van der Waals surface area (Å²) in [7, 11) is 0. The first-order valence-electron chi connectivity index (χ1n) is 33.5. The van der Waals surface area contributed by atoms with Gasteiger partial charge in [-0.15, -0.1) is 0 Å². The van der Waals surface area contributed by atoms with Crippen LogP contribution in [0.25, 0.3) is 22.3 Å². The zero-order valence-corrected chi connectivity index (χ0v) is 55.1. The molecule has 0 fully saturated rings. The highest BCUT2D eigenvalue weighted by atomic mass is 16.5. The van der Waals surface area contributed by atoms with Crippen molar-refractivity contribution in [3.8, 4) is 22.6 Å². The summed E-state index contributed by atoms with van der Waals surface area (Å²) in [6, 6.07) is 26.0. The van der Waals surface area contributed by atoms with Crippen molar-refractivity contribution in [1.82, 2.24) is 9.80 Å². The normalized spacial score (nSPS) is 17.2. The number of pyridine rings is 2. The number of aryl methyl sites for hydroxylation is 2. The maximum atomic E-state index is 6.63. The van der Waals surface area contributed by atoms with E-state index in [2.05, 4.69) is 247 Å². The maximum Gasteiger partial charge on any atom is 0.169 e. The van der Waals surface area contributed by atoms with Crippen molar-refractivity contribution in [2.24, 2.45) is 20.0 Å². The molecule has 0 radical (unpaired) electrons. The number of unbranched alkanes of at least 4 members (excludes halogenated alkanes) is 4. The molecule has 0 amide bonds. The number of aromatic nitrogens is 2. The molecule has 2 aromatic heterocycles. The molecule has 4 aromatic rings. The molecular formula is C80H92N8O2+2. The summed E-state index contributed by atoms with van der Waals surface area (Å²) in [5, 5.41) is 0. The van der Waals surface area contributed by atoms with Crippen molar-refractivity contribution in [3.05, 3.63) is 248 Å². The van der Waals surface area contributed by atoms with Crippen molar-refractivity contribution >= 4 is 34.0 Å². The molecule has 10 nitrogen and oxygen atoms in total. The van der Waals surface area contributed by atoms with E-state index < -0.39 is 0 Å². The van der Waals surface area contributed by atoms with Gasteiger partial charge in [-0.3, -0.25) is 0 Å². The van der Waals surface area contributed by atoms with Crippen LogP contribution in [0.15, 0.2) is 257 Å². The van der Waals surface area contributed by atoms with Gasteiger partial charge in [0, 0.05) is 86.1 Å². The van der Waals surface area contributed by atoms with E-state index >= 15 is 0 Å². The molecule has 0 saturated heterocycles. The number of aliphatic imine (C=N–C) groups is 4. The molecule has 0 N–H and O–H groups in total. The van der Waals surface area contributed by atoms with E-state index in [1.54, 1.807) is 0 Å². The van der Waals surface area contributed by atoms with Crippen LogP contribution in [-0.2, 0) is 13.1 Å². The number of benzene rings is 2. The molecule has 462 valence electrons. The topological polar surface area (TPSA) is 82.1 Å². The molecular weight excluding hydrogens is 1100 g/mol. The molecule has 0 unspecified atom stereocenters. The van der Waals surface area contributed by atoms with Gasteiger partial charge in [-0.1, -0.05) is 85.1 Å². The van der Waals surface area contributed by atoms with Gasteiger partial charge in [0.15, 0.2) is 31.3 Å². The summed E-state index contributed by atoms with van der Waals surface area (Å²) in [5.74, 6) is 1.65. The molecule has 9 heterocycles. The first-order valence-corrected chi connectivity index (χ1v) is 33.5. The van der Waals surface area contributed by atoms with E-state index in [0.29, 0.717) is 13.2 Å². The Morgan fingerprint density at radius 1 is 0.411 bits per heavy atom. The van der Waals surface area contributed by atoms with Gasteiger partial charge in [-0.05, 0) is 211 Å². The molecule has 7 aliphatic rings. The summed E-state index contributed by atoms with van der Waals surface area (Å²) in [4.78, 5) is 27.2. The van der Waals surface area contributed by atoms with Crippen LogP contribution < -0.4 is 18.6 Å². The van der Waals surface area contributed by atoms with Crippen LogP contribution >= 0.6 is 0 Å². The van der Waals surface area contributed by atoms with Gasteiger partial charge in [0.25, 0.3) is 0 Å². The first kappa shape index (κ1) is 62.8. The second kappa shape index (κ2) is 29.3. The second-order valence-electron chi connectivity index (χ2n) is 24.4. The Bertz CT molecular complexity index is 3950. The van der Waals surface area contributed by atoms with Crippen molar-refractivity contribution < 1.29 is 18.6 Å². The largest absolute Gasteiger partial charge is 0.494 e. The van der Waals surface area contributed by atoms with Gasteiger partial charge in [-0.2, -0.15) is 0 Å². The van der Waals surface area contributed by atoms with Crippen molar-refractivity contribution in [2.45, 2.75) is 159 Å². The number of ether oxygens (including phenoxy) is 2. The molecule has 2 aromatic carbocycles. The third kappa shape index (κ3) is 13.8.